The number of nitrogens with one attached hydrogen (secondary N) is 1. The molecule has 4 aromatic rings. The Morgan fingerprint density at radius 1 is 1.00 bits per heavy atom. The minimum atomic E-state index is -0.985. The number of methoxy groups -OCH3 is 1. The van der Waals surface area contributed by atoms with Gasteiger partial charge in [-0.2, -0.15) is 0 Å². The Labute approximate surface area is 206 Å². The Hall–Kier alpha value is -4.85. The molecule has 0 fully saturated rings. The van der Waals surface area contributed by atoms with Crippen molar-refractivity contribution in [1.82, 2.24) is 0 Å². The summed E-state index contributed by atoms with van der Waals surface area (Å²) in [5.41, 5.74) is 1.88. The van der Waals surface area contributed by atoms with E-state index in [1.165, 1.54) is 18.9 Å². The molecule has 5 rings (SSSR count). The standard InChI is InChI=1S/C28H22N2O6/c1-16(31)29-18-11-13-19(14-12-18)30-25(20-8-4-6-10-22(20)35-2)24(27(33)28(30)34)26(32)23-15-17-7-3-5-9-21(17)36-23/h3-15,25,33H,1-2H3,(H,29,31). The van der Waals surface area contributed by atoms with E-state index in [-0.39, 0.29) is 17.2 Å². The fourth-order valence-corrected chi connectivity index (χ4v) is 4.43. The highest BCUT2D eigenvalue weighted by molar-refractivity contribution is 6.20. The lowest BCUT2D eigenvalue weighted by Gasteiger charge is -2.28. The summed E-state index contributed by atoms with van der Waals surface area (Å²) in [5, 5.41) is 14.4. The number of hydrogen-bond donors (Lipinski definition) is 2. The molecule has 2 heterocycles. The van der Waals surface area contributed by atoms with Gasteiger partial charge >= 0.3 is 0 Å². The van der Waals surface area contributed by atoms with Crippen LogP contribution in [0.3, 0.4) is 0 Å². The maximum atomic E-state index is 13.7. The molecule has 1 aromatic heterocycles. The number of hydrogen-bond acceptors (Lipinski definition) is 6. The molecule has 0 aliphatic carbocycles. The molecular weight excluding hydrogens is 460 g/mol. The zero-order chi connectivity index (χ0) is 25.4. The monoisotopic (exact) mass is 482 g/mol. The number of amides is 2. The van der Waals surface area contributed by atoms with E-state index < -0.39 is 23.5 Å². The van der Waals surface area contributed by atoms with E-state index in [1.54, 1.807) is 66.7 Å². The molecular formula is C28H22N2O6. The first-order valence-corrected chi connectivity index (χ1v) is 11.2. The third-order valence-corrected chi connectivity index (χ3v) is 6.00. The van der Waals surface area contributed by atoms with Gasteiger partial charge in [-0.05, 0) is 42.5 Å². The Morgan fingerprint density at radius 3 is 2.39 bits per heavy atom. The lowest BCUT2D eigenvalue weighted by Crippen LogP contribution is -2.31. The van der Waals surface area contributed by atoms with Crippen LogP contribution in [-0.2, 0) is 9.59 Å². The molecule has 1 aliphatic rings. The molecule has 0 bridgehead atoms. The molecule has 0 saturated carbocycles. The zero-order valence-electron chi connectivity index (χ0n) is 19.5. The summed E-state index contributed by atoms with van der Waals surface area (Å²) in [5.74, 6) is -1.79. The number of carbonyl (C=O) groups excluding carboxylic acids is 3. The number of ketones is 1. The molecule has 1 aliphatic heterocycles. The largest absolute Gasteiger partial charge is 0.503 e. The quantitative estimate of drug-likeness (QED) is 0.367. The van der Waals surface area contributed by atoms with Crippen LogP contribution in [0.15, 0.2) is 94.6 Å². The number of aliphatic hydroxyl groups excluding tert-OH is 1. The highest BCUT2D eigenvalue weighted by Gasteiger charge is 2.46. The number of para-hydroxylation sites is 2. The fraction of sp³-hybridized carbons (Fsp3) is 0.107. The minimum Gasteiger partial charge on any atom is -0.503 e. The summed E-state index contributed by atoms with van der Waals surface area (Å²) >= 11 is 0. The van der Waals surface area contributed by atoms with Gasteiger partial charge in [0.2, 0.25) is 11.7 Å². The van der Waals surface area contributed by atoms with Crippen molar-refractivity contribution < 1.29 is 28.6 Å². The SMILES string of the molecule is COc1ccccc1C1C(C(=O)c2cc3ccccc3o2)=C(O)C(=O)N1c1ccc(NC(C)=O)cc1. The number of aliphatic hydroxyl groups is 1. The number of rotatable bonds is 6. The van der Waals surface area contributed by atoms with E-state index in [1.807, 2.05) is 12.1 Å². The summed E-state index contributed by atoms with van der Waals surface area (Å²) < 4.78 is 11.3. The number of ether oxygens (including phenoxy) is 1. The van der Waals surface area contributed by atoms with Gasteiger partial charge in [0.15, 0.2) is 11.5 Å². The highest BCUT2D eigenvalue weighted by atomic mass is 16.5. The highest BCUT2D eigenvalue weighted by Crippen LogP contribution is 2.45. The van der Waals surface area contributed by atoms with Gasteiger partial charge in [-0.15, -0.1) is 0 Å². The van der Waals surface area contributed by atoms with Crippen molar-refractivity contribution in [3.63, 3.8) is 0 Å². The molecule has 0 spiro atoms. The smallest absolute Gasteiger partial charge is 0.294 e. The lowest BCUT2D eigenvalue weighted by atomic mass is 9.94. The first-order chi connectivity index (χ1) is 17.4. The molecule has 3 aromatic carbocycles. The Morgan fingerprint density at radius 2 is 1.69 bits per heavy atom. The maximum Gasteiger partial charge on any atom is 0.294 e. The van der Waals surface area contributed by atoms with Gasteiger partial charge in [-0.3, -0.25) is 19.3 Å². The predicted molar refractivity (Wildman–Crippen MR) is 134 cm³/mol. The third-order valence-electron chi connectivity index (χ3n) is 6.00. The van der Waals surface area contributed by atoms with Crippen LogP contribution in [0.2, 0.25) is 0 Å². The van der Waals surface area contributed by atoms with Gasteiger partial charge < -0.3 is 19.6 Å². The summed E-state index contributed by atoms with van der Waals surface area (Å²) in [6.45, 7) is 1.40. The fourth-order valence-electron chi connectivity index (χ4n) is 4.43. The van der Waals surface area contributed by atoms with E-state index in [2.05, 4.69) is 5.32 Å². The number of carbonyl (C=O) groups is 3. The number of benzene rings is 3. The van der Waals surface area contributed by atoms with Crippen LogP contribution >= 0.6 is 0 Å². The average molecular weight is 482 g/mol. The number of Topliss-reactive ketones (excluding diaryl/α,β-unsaturated/α-hetero) is 1. The second-order valence-electron chi connectivity index (χ2n) is 8.29. The number of fused-ring (bicyclic) bond motifs is 1. The summed E-state index contributed by atoms with van der Waals surface area (Å²) in [4.78, 5) is 39.9. The van der Waals surface area contributed by atoms with E-state index in [0.29, 0.717) is 28.3 Å². The first kappa shape index (κ1) is 22.9. The summed E-state index contributed by atoms with van der Waals surface area (Å²) in [6, 6.07) is 21.3. The van der Waals surface area contributed by atoms with Crippen LogP contribution in [0.5, 0.6) is 5.75 Å². The number of nitrogens with zero attached hydrogens (tertiary/aromatic N) is 1. The molecule has 1 atom stereocenters. The van der Waals surface area contributed by atoms with Crippen molar-refractivity contribution in [2.75, 3.05) is 17.3 Å². The molecule has 0 saturated heterocycles. The lowest BCUT2D eigenvalue weighted by molar-refractivity contribution is -0.117. The predicted octanol–water partition coefficient (Wildman–Crippen LogP) is 5.18. The second kappa shape index (κ2) is 9.07. The van der Waals surface area contributed by atoms with Gasteiger partial charge in [-0.25, -0.2) is 0 Å². The van der Waals surface area contributed by atoms with Crippen LogP contribution in [0, 0.1) is 0 Å². The molecule has 1 unspecified atom stereocenters. The third kappa shape index (κ3) is 3.88. The van der Waals surface area contributed by atoms with Crippen LogP contribution in [-0.4, -0.2) is 29.8 Å². The average Bonchev–Trinajstić information content (AvgIpc) is 3.43. The first-order valence-electron chi connectivity index (χ1n) is 11.2. The van der Waals surface area contributed by atoms with Crippen molar-refractivity contribution in [1.29, 1.82) is 0 Å². The zero-order valence-corrected chi connectivity index (χ0v) is 19.5. The van der Waals surface area contributed by atoms with Crippen molar-refractivity contribution in [3.05, 3.63) is 102 Å². The molecule has 36 heavy (non-hydrogen) atoms. The van der Waals surface area contributed by atoms with Gasteiger partial charge in [0.25, 0.3) is 5.91 Å². The topological polar surface area (TPSA) is 109 Å². The molecule has 180 valence electrons. The van der Waals surface area contributed by atoms with E-state index in [4.69, 9.17) is 9.15 Å². The van der Waals surface area contributed by atoms with Gasteiger partial charge in [0.1, 0.15) is 11.3 Å². The molecule has 8 heteroatoms. The van der Waals surface area contributed by atoms with Crippen LogP contribution in [0.1, 0.15) is 29.1 Å². The summed E-state index contributed by atoms with van der Waals surface area (Å²) in [6.07, 6.45) is 0. The van der Waals surface area contributed by atoms with Gasteiger partial charge in [0.05, 0.1) is 18.7 Å². The minimum absolute atomic E-state index is 0.00769. The second-order valence-corrected chi connectivity index (χ2v) is 8.29. The number of anilines is 2. The van der Waals surface area contributed by atoms with Crippen molar-refractivity contribution >= 4 is 39.9 Å². The normalized spacial score (nSPS) is 15.4. The van der Waals surface area contributed by atoms with E-state index in [9.17, 15) is 19.5 Å². The molecule has 8 nitrogen and oxygen atoms in total. The van der Waals surface area contributed by atoms with Crippen molar-refractivity contribution in [2.24, 2.45) is 0 Å². The molecule has 2 amide bonds. The number of furan rings is 1. The summed E-state index contributed by atoms with van der Waals surface area (Å²) in [7, 11) is 1.49. The van der Waals surface area contributed by atoms with Crippen molar-refractivity contribution in [3.8, 4) is 5.75 Å². The van der Waals surface area contributed by atoms with Crippen LogP contribution in [0.25, 0.3) is 11.0 Å². The van der Waals surface area contributed by atoms with Crippen LogP contribution in [0.4, 0.5) is 11.4 Å². The Balaban J connectivity index is 1.64. The molecule has 2 N–H and O–H groups in total. The van der Waals surface area contributed by atoms with E-state index >= 15 is 0 Å². The van der Waals surface area contributed by atoms with Crippen molar-refractivity contribution in [2.45, 2.75) is 13.0 Å². The Bertz CT molecular complexity index is 1500. The Kier molecular flexibility index (Phi) is 5.77. The van der Waals surface area contributed by atoms with Gasteiger partial charge in [-0.1, -0.05) is 36.4 Å². The molecule has 0 radical (unpaired) electrons. The van der Waals surface area contributed by atoms with Crippen LogP contribution < -0.4 is 15.0 Å². The maximum absolute atomic E-state index is 13.7. The van der Waals surface area contributed by atoms with Gasteiger partial charge in [0, 0.05) is 29.2 Å². The van der Waals surface area contributed by atoms with E-state index in [0.717, 1.165) is 5.39 Å².